The van der Waals surface area contributed by atoms with E-state index in [1.165, 1.54) is 5.56 Å². The molecular weight excluding hydrogens is 354 g/mol. The van der Waals surface area contributed by atoms with Crippen LogP contribution in [0, 0.1) is 12.8 Å². The zero-order valence-electron chi connectivity index (χ0n) is 15.8. The van der Waals surface area contributed by atoms with Gasteiger partial charge in [-0.2, -0.15) is 0 Å². The molecule has 0 atom stereocenters. The molecule has 3 aromatic rings. The predicted octanol–water partition coefficient (Wildman–Crippen LogP) is 3.48. The molecule has 0 unspecified atom stereocenters. The van der Waals surface area contributed by atoms with Crippen molar-refractivity contribution in [2.45, 2.75) is 26.2 Å². The number of hydrogen-bond acceptors (Lipinski definition) is 6. The molecule has 0 spiro atoms. The molecule has 7 heteroatoms. The molecule has 7 nitrogen and oxygen atoms in total. The third kappa shape index (κ3) is 4.36. The summed E-state index contributed by atoms with van der Waals surface area (Å²) in [6, 6.07) is 15.8. The summed E-state index contributed by atoms with van der Waals surface area (Å²) < 4.78 is 4.99. The zero-order valence-corrected chi connectivity index (χ0v) is 15.8. The topological polar surface area (TPSA) is 84.2 Å². The van der Waals surface area contributed by atoms with Gasteiger partial charge in [-0.3, -0.25) is 10.1 Å². The molecule has 1 aliphatic rings. The van der Waals surface area contributed by atoms with Crippen molar-refractivity contribution in [2.24, 2.45) is 5.92 Å². The van der Waals surface area contributed by atoms with Gasteiger partial charge in [0.15, 0.2) is 11.5 Å². The van der Waals surface area contributed by atoms with Gasteiger partial charge in [0.25, 0.3) is 5.91 Å². The number of nitrogens with one attached hydrogen (secondary N) is 1. The Hall–Kier alpha value is -3.22. The minimum Gasteiger partial charge on any atom is -0.355 e. The lowest BCUT2D eigenvalue weighted by molar-refractivity contribution is 0.101. The summed E-state index contributed by atoms with van der Waals surface area (Å²) in [7, 11) is 0. The van der Waals surface area contributed by atoms with Crippen LogP contribution in [0.1, 0.15) is 34.6 Å². The molecular formula is C21H23N5O2. The highest BCUT2D eigenvalue weighted by Crippen LogP contribution is 2.24. The van der Waals surface area contributed by atoms with Crippen molar-refractivity contribution in [1.82, 2.24) is 15.4 Å². The number of aryl methyl sites for hydroxylation is 1. The van der Waals surface area contributed by atoms with Crippen LogP contribution in [0.2, 0.25) is 0 Å². The Morgan fingerprint density at radius 3 is 2.57 bits per heavy atom. The molecule has 1 amide bonds. The van der Waals surface area contributed by atoms with Crippen LogP contribution in [0.5, 0.6) is 0 Å². The lowest BCUT2D eigenvalue weighted by Gasteiger charge is -2.32. The third-order valence-corrected chi connectivity index (χ3v) is 5.05. The van der Waals surface area contributed by atoms with Crippen molar-refractivity contribution in [1.29, 1.82) is 0 Å². The van der Waals surface area contributed by atoms with Crippen molar-refractivity contribution >= 4 is 17.6 Å². The molecule has 1 saturated heterocycles. The normalized spacial score (nSPS) is 14.8. The fraction of sp³-hybridized carbons (Fsp3) is 0.333. The Bertz CT molecular complexity index is 915. The smallest absolute Gasteiger partial charge is 0.278 e. The Morgan fingerprint density at radius 1 is 1.14 bits per heavy atom. The second-order valence-corrected chi connectivity index (χ2v) is 7.18. The van der Waals surface area contributed by atoms with Crippen LogP contribution in [-0.4, -0.2) is 34.4 Å². The first kappa shape index (κ1) is 18.2. The zero-order chi connectivity index (χ0) is 19.3. The van der Waals surface area contributed by atoms with E-state index in [4.69, 9.17) is 4.52 Å². The molecule has 28 heavy (non-hydrogen) atoms. The molecule has 144 valence electrons. The Morgan fingerprint density at radius 2 is 1.93 bits per heavy atom. The van der Waals surface area contributed by atoms with E-state index in [0.29, 0.717) is 17.5 Å². The second kappa shape index (κ2) is 8.21. The van der Waals surface area contributed by atoms with Gasteiger partial charge in [0, 0.05) is 19.2 Å². The first-order chi connectivity index (χ1) is 13.7. The van der Waals surface area contributed by atoms with Gasteiger partial charge in [-0.25, -0.2) is 0 Å². The molecule has 1 aliphatic heterocycles. The van der Waals surface area contributed by atoms with Gasteiger partial charge < -0.3 is 9.42 Å². The third-order valence-electron chi connectivity index (χ3n) is 5.05. The largest absolute Gasteiger partial charge is 0.355 e. The Kier molecular flexibility index (Phi) is 5.32. The van der Waals surface area contributed by atoms with Crippen molar-refractivity contribution in [3.63, 3.8) is 0 Å². The van der Waals surface area contributed by atoms with Crippen LogP contribution in [-0.2, 0) is 6.42 Å². The van der Waals surface area contributed by atoms with E-state index in [0.717, 1.165) is 38.2 Å². The molecule has 1 fully saturated rings. The summed E-state index contributed by atoms with van der Waals surface area (Å²) in [5.41, 5.74) is 2.35. The number of aromatic nitrogens is 3. The van der Waals surface area contributed by atoms with Gasteiger partial charge in [0.1, 0.15) is 0 Å². The van der Waals surface area contributed by atoms with Gasteiger partial charge in [-0.05, 0) is 49.8 Å². The number of carbonyl (C=O) groups excluding carboxylic acids is 1. The van der Waals surface area contributed by atoms with Crippen molar-refractivity contribution in [3.05, 3.63) is 65.5 Å². The summed E-state index contributed by atoms with van der Waals surface area (Å²) >= 11 is 0. The summed E-state index contributed by atoms with van der Waals surface area (Å²) in [6.07, 6.45) is 3.38. The number of rotatable bonds is 5. The Labute approximate surface area is 163 Å². The minimum absolute atomic E-state index is 0.247. The summed E-state index contributed by atoms with van der Waals surface area (Å²) in [4.78, 5) is 14.4. The van der Waals surface area contributed by atoms with Crippen LogP contribution in [0.4, 0.5) is 11.7 Å². The van der Waals surface area contributed by atoms with Crippen molar-refractivity contribution < 1.29 is 9.32 Å². The van der Waals surface area contributed by atoms with Gasteiger partial charge in [0.2, 0.25) is 5.88 Å². The van der Waals surface area contributed by atoms with E-state index in [1.807, 2.05) is 6.07 Å². The molecule has 0 aliphatic carbocycles. The van der Waals surface area contributed by atoms with E-state index >= 15 is 0 Å². The monoisotopic (exact) mass is 377 g/mol. The van der Waals surface area contributed by atoms with Gasteiger partial charge in [-0.15, -0.1) is 10.2 Å². The van der Waals surface area contributed by atoms with E-state index in [2.05, 4.69) is 55.9 Å². The lowest BCUT2D eigenvalue weighted by atomic mass is 9.90. The summed E-state index contributed by atoms with van der Waals surface area (Å²) in [6.45, 7) is 3.70. The maximum Gasteiger partial charge on any atom is 0.278 e. The number of benzene rings is 1. The van der Waals surface area contributed by atoms with E-state index in [9.17, 15) is 4.79 Å². The summed E-state index contributed by atoms with van der Waals surface area (Å²) in [5.74, 6) is 1.44. The fourth-order valence-electron chi connectivity index (χ4n) is 3.53. The van der Waals surface area contributed by atoms with Crippen LogP contribution in [0.3, 0.4) is 0 Å². The minimum atomic E-state index is -0.364. The predicted molar refractivity (Wildman–Crippen MR) is 106 cm³/mol. The maximum absolute atomic E-state index is 12.2. The quantitative estimate of drug-likeness (QED) is 0.733. The average molecular weight is 377 g/mol. The highest BCUT2D eigenvalue weighted by Gasteiger charge is 2.21. The van der Waals surface area contributed by atoms with E-state index < -0.39 is 0 Å². The molecule has 4 rings (SSSR count). The van der Waals surface area contributed by atoms with Crippen molar-refractivity contribution in [2.75, 3.05) is 23.3 Å². The number of amides is 1. The molecule has 0 saturated carbocycles. The Balaban J connectivity index is 1.31. The highest BCUT2D eigenvalue weighted by atomic mass is 16.5. The lowest BCUT2D eigenvalue weighted by Crippen LogP contribution is -2.35. The number of hydrogen-bond donors (Lipinski definition) is 1. The van der Waals surface area contributed by atoms with Crippen LogP contribution in [0.25, 0.3) is 0 Å². The molecule has 3 heterocycles. The first-order valence-electron chi connectivity index (χ1n) is 9.54. The molecule has 1 N–H and O–H groups in total. The van der Waals surface area contributed by atoms with Gasteiger partial charge in [-0.1, -0.05) is 35.5 Å². The molecule has 0 bridgehead atoms. The maximum atomic E-state index is 12.2. The molecule has 0 radical (unpaired) electrons. The van der Waals surface area contributed by atoms with Crippen LogP contribution < -0.4 is 10.2 Å². The fourth-order valence-corrected chi connectivity index (χ4v) is 3.53. The average Bonchev–Trinajstić information content (AvgIpc) is 3.14. The summed E-state index contributed by atoms with van der Waals surface area (Å²) in [5, 5.41) is 14.7. The first-order valence-corrected chi connectivity index (χ1v) is 9.54. The van der Waals surface area contributed by atoms with E-state index in [1.54, 1.807) is 19.1 Å². The standard InChI is InChI=1S/C21H23N5O2/c1-15-13-20(28-25-15)22-21(27)18-7-8-19(24-23-18)26-11-9-17(10-12-26)14-16-5-3-2-4-6-16/h2-8,13,17H,9-12,14H2,1H3,(H,22,27). The van der Waals surface area contributed by atoms with Crippen LogP contribution >= 0.6 is 0 Å². The van der Waals surface area contributed by atoms with Gasteiger partial charge in [0.05, 0.1) is 5.69 Å². The number of carbonyl (C=O) groups is 1. The van der Waals surface area contributed by atoms with Crippen molar-refractivity contribution in [3.8, 4) is 0 Å². The molecule has 1 aromatic carbocycles. The number of nitrogens with zero attached hydrogens (tertiary/aromatic N) is 4. The number of anilines is 2. The highest BCUT2D eigenvalue weighted by molar-refractivity contribution is 6.02. The second-order valence-electron chi connectivity index (χ2n) is 7.18. The molecule has 2 aromatic heterocycles. The van der Waals surface area contributed by atoms with Gasteiger partial charge >= 0.3 is 0 Å². The van der Waals surface area contributed by atoms with E-state index in [-0.39, 0.29) is 11.6 Å². The van der Waals surface area contributed by atoms with Crippen LogP contribution in [0.15, 0.2) is 53.1 Å². The SMILES string of the molecule is Cc1cc(NC(=O)c2ccc(N3CCC(Cc4ccccc4)CC3)nn2)on1. The number of piperidine rings is 1.